The molecule has 168 valence electrons. The third-order valence-electron chi connectivity index (χ3n) is 6.25. The molecule has 1 aliphatic carbocycles. The zero-order valence-corrected chi connectivity index (χ0v) is 19.1. The van der Waals surface area contributed by atoms with Gasteiger partial charge in [0, 0.05) is 29.6 Å². The van der Waals surface area contributed by atoms with Gasteiger partial charge >= 0.3 is 0 Å². The molecule has 1 fully saturated rings. The van der Waals surface area contributed by atoms with E-state index in [0.29, 0.717) is 28.7 Å². The van der Waals surface area contributed by atoms with Gasteiger partial charge in [0.1, 0.15) is 11.8 Å². The number of nitriles is 1. The van der Waals surface area contributed by atoms with E-state index in [1.165, 1.54) is 18.5 Å². The summed E-state index contributed by atoms with van der Waals surface area (Å²) < 4.78 is 0. The van der Waals surface area contributed by atoms with Crippen LogP contribution in [-0.4, -0.2) is 38.8 Å². The van der Waals surface area contributed by atoms with Crippen molar-refractivity contribution in [1.29, 1.82) is 5.26 Å². The van der Waals surface area contributed by atoms with Crippen LogP contribution < -0.4 is 10.2 Å². The highest BCUT2D eigenvalue weighted by molar-refractivity contribution is 8.00. The first-order valence-corrected chi connectivity index (χ1v) is 11.8. The molecule has 1 aromatic carbocycles. The number of nitrogens with zero attached hydrogens (tertiary/aromatic N) is 3. The fourth-order valence-corrected chi connectivity index (χ4v) is 6.29. The van der Waals surface area contributed by atoms with Crippen molar-refractivity contribution >= 4 is 29.0 Å². The molecule has 2 aliphatic rings. The zero-order chi connectivity index (χ0) is 22.9. The standard InChI is InChI=1S/C24H28N4O3S/c1-24(2,31)28-20-8-7-19(27-22(30)18-9-16(11-25)12-26-13-18)10-21(20)32-23(28)17-5-3-15(14-29)4-6-17/h7-10,12-13,15,17,23,29,31H,3-6,14H2,1-2H3,(H,27,30). The molecular weight excluding hydrogens is 424 g/mol. The molecule has 0 saturated heterocycles. The fraction of sp³-hybridized carbons (Fsp3) is 0.458. The summed E-state index contributed by atoms with van der Waals surface area (Å²) in [6, 6.07) is 9.23. The Balaban J connectivity index is 1.55. The van der Waals surface area contributed by atoms with E-state index in [9.17, 15) is 15.0 Å². The molecule has 4 rings (SSSR count). The lowest BCUT2D eigenvalue weighted by Crippen LogP contribution is -2.50. The van der Waals surface area contributed by atoms with Crippen LogP contribution in [0.5, 0.6) is 0 Å². The van der Waals surface area contributed by atoms with Crippen molar-refractivity contribution in [3.05, 3.63) is 47.8 Å². The average Bonchev–Trinajstić information content (AvgIpc) is 3.18. The van der Waals surface area contributed by atoms with Crippen LogP contribution in [0.25, 0.3) is 0 Å². The van der Waals surface area contributed by atoms with E-state index < -0.39 is 5.72 Å². The number of aliphatic hydroxyl groups is 2. The molecule has 0 radical (unpaired) electrons. The number of carbonyl (C=O) groups excluding carboxylic acids is 1. The minimum absolute atomic E-state index is 0.104. The zero-order valence-electron chi connectivity index (χ0n) is 18.3. The van der Waals surface area contributed by atoms with Gasteiger partial charge in [-0.2, -0.15) is 5.26 Å². The van der Waals surface area contributed by atoms with Crippen LogP contribution in [0.2, 0.25) is 0 Å². The Morgan fingerprint density at radius 1 is 1.28 bits per heavy atom. The van der Waals surface area contributed by atoms with Gasteiger partial charge in [-0.25, -0.2) is 0 Å². The molecule has 0 spiro atoms. The van der Waals surface area contributed by atoms with Gasteiger partial charge < -0.3 is 20.4 Å². The van der Waals surface area contributed by atoms with Gasteiger partial charge in [0.2, 0.25) is 0 Å². The lowest BCUT2D eigenvalue weighted by atomic mass is 9.81. The highest BCUT2D eigenvalue weighted by atomic mass is 32.2. The van der Waals surface area contributed by atoms with Crippen molar-refractivity contribution in [3.8, 4) is 6.07 Å². The fourth-order valence-electron chi connectivity index (χ4n) is 4.60. The summed E-state index contributed by atoms with van der Waals surface area (Å²) in [5.74, 6) is 0.474. The van der Waals surface area contributed by atoms with Crippen LogP contribution in [0.3, 0.4) is 0 Å². The molecule has 1 atom stereocenters. The Morgan fingerprint density at radius 3 is 2.69 bits per heavy atom. The maximum absolute atomic E-state index is 12.6. The van der Waals surface area contributed by atoms with Crippen LogP contribution >= 0.6 is 11.8 Å². The van der Waals surface area contributed by atoms with Gasteiger partial charge in [0.05, 0.1) is 22.2 Å². The number of pyridine rings is 1. The number of amides is 1. The second-order valence-electron chi connectivity index (χ2n) is 9.05. The molecule has 1 aromatic heterocycles. The van der Waals surface area contributed by atoms with E-state index in [4.69, 9.17) is 5.26 Å². The molecule has 0 bridgehead atoms. The van der Waals surface area contributed by atoms with E-state index in [2.05, 4.69) is 15.2 Å². The van der Waals surface area contributed by atoms with Crippen molar-refractivity contribution in [2.75, 3.05) is 16.8 Å². The van der Waals surface area contributed by atoms with Crippen LogP contribution in [0.4, 0.5) is 11.4 Å². The quantitative estimate of drug-likeness (QED) is 0.630. The molecule has 2 aromatic rings. The Labute approximate surface area is 192 Å². The second kappa shape index (κ2) is 9.10. The maximum Gasteiger partial charge on any atom is 0.257 e. The topological polar surface area (TPSA) is 109 Å². The number of nitrogens with one attached hydrogen (secondary N) is 1. The number of hydrogen-bond donors (Lipinski definition) is 3. The SMILES string of the molecule is CC(C)(O)N1c2ccc(NC(=O)c3cncc(C#N)c3)cc2SC1C1CCC(CO)CC1. The molecule has 1 unspecified atom stereocenters. The van der Waals surface area contributed by atoms with Crippen molar-refractivity contribution in [2.45, 2.75) is 55.5 Å². The number of hydrogen-bond acceptors (Lipinski definition) is 7. The first kappa shape index (κ1) is 22.6. The summed E-state index contributed by atoms with van der Waals surface area (Å²) in [5.41, 5.74) is 1.26. The average molecular weight is 453 g/mol. The molecule has 1 saturated carbocycles. The van der Waals surface area contributed by atoms with Crippen molar-refractivity contribution < 1.29 is 15.0 Å². The van der Waals surface area contributed by atoms with Gasteiger partial charge in [-0.15, -0.1) is 0 Å². The maximum atomic E-state index is 12.6. The van der Waals surface area contributed by atoms with E-state index in [1.807, 2.05) is 24.3 Å². The summed E-state index contributed by atoms with van der Waals surface area (Å²) in [7, 11) is 0. The third-order valence-corrected chi connectivity index (χ3v) is 7.67. The lowest BCUT2D eigenvalue weighted by molar-refractivity contribution is 0.0646. The summed E-state index contributed by atoms with van der Waals surface area (Å²) in [6.45, 7) is 3.86. The minimum Gasteiger partial charge on any atom is -0.396 e. The first-order chi connectivity index (χ1) is 15.3. The number of carbonyl (C=O) groups is 1. The van der Waals surface area contributed by atoms with Gasteiger partial charge in [-0.1, -0.05) is 11.8 Å². The number of thioether (sulfide) groups is 1. The number of benzene rings is 1. The van der Waals surface area contributed by atoms with Crippen LogP contribution in [0.1, 0.15) is 55.5 Å². The highest BCUT2D eigenvalue weighted by Gasteiger charge is 2.43. The van der Waals surface area contributed by atoms with E-state index in [0.717, 1.165) is 36.3 Å². The Morgan fingerprint density at radius 2 is 2.03 bits per heavy atom. The van der Waals surface area contributed by atoms with Gasteiger partial charge in [0.15, 0.2) is 0 Å². The van der Waals surface area contributed by atoms with Crippen molar-refractivity contribution in [1.82, 2.24) is 4.98 Å². The molecular formula is C24H28N4O3S. The second-order valence-corrected chi connectivity index (χ2v) is 10.2. The van der Waals surface area contributed by atoms with Crippen LogP contribution in [0.15, 0.2) is 41.6 Å². The summed E-state index contributed by atoms with van der Waals surface area (Å²) in [4.78, 5) is 19.7. The molecule has 32 heavy (non-hydrogen) atoms. The summed E-state index contributed by atoms with van der Waals surface area (Å²) in [6.07, 6.45) is 6.91. The summed E-state index contributed by atoms with van der Waals surface area (Å²) in [5, 5.41) is 32.4. The van der Waals surface area contributed by atoms with E-state index in [1.54, 1.807) is 25.6 Å². The number of aliphatic hydroxyl groups excluding tert-OH is 1. The van der Waals surface area contributed by atoms with Crippen LogP contribution in [-0.2, 0) is 0 Å². The number of aromatic nitrogens is 1. The molecule has 8 heteroatoms. The largest absolute Gasteiger partial charge is 0.396 e. The summed E-state index contributed by atoms with van der Waals surface area (Å²) >= 11 is 1.73. The molecule has 3 N–H and O–H groups in total. The number of fused-ring (bicyclic) bond motifs is 1. The molecule has 7 nitrogen and oxygen atoms in total. The number of anilines is 2. The van der Waals surface area contributed by atoms with E-state index >= 15 is 0 Å². The minimum atomic E-state index is -1.02. The van der Waals surface area contributed by atoms with Gasteiger partial charge in [-0.3, -0.25) is 9.78 Å². The van der Waals surface area contributed by atoms with Crippen LogP contribution in [0, 0.1) is 23.2 Å². The first-order valence-electron chi connectivity index (χ1n) is 10.9. The lowest BCUT2D eigenvalue weighted by Gasteiger charge is -2.42. The Hall–Kier alpha value is -2.60. The molecule has 1 amide bonds. The van der Waals surface area contributed by atoms with E-state index in [-0.39, 0.29) is 17.9 Å². The Kier molecular flexibility index (Phi) is 6.42. The molecule has 1 aliphatic heterocycles. The van der Waals surface area contributed by atoms with Crippen molar-refractivity contribution in [2.24, 2.45) is 11.8 Å². The highest BCUT2D eigenvalue weighted by Crippen LogP contribution is 2.52. The Bertz CT molecular complexity index is 1040. The van der Waals surface area contributed by atoms with Crippen molar-refractivity contribution in [3.63, 3.8) is 0 Å². The predicted molar refractivity (Wildman–Crippen MR) is 124 cm³/mol. The smallest absolute Gasteiger partial charge is 0.257 e. The predicted octanol–water partition coefficient (Wildman–Crippen LogP) is 3.97. The van der Waals surface area contributed by atoms with Gasteiger partial charge in [-0.05, 0) is 75.6 Å². The monoisotopic (exact) mass is 452 g/mol. The van der Waals surface area contributed by atoms with Gasteiger partial charge in [0.25, 0.3) is 5.91 Å². The number of rotatable bonds is 5. The third kappa shape index (κ3) is 4.60. The molecule has 2 heterocycles. The normalized spacial score (nSPS) is 22.8.